The number of nitrogens with two attached hydrogens (primary N) is 1. The Hall–Kier alpha value is -0.610. The standard InChI is InChI=1S/C7H13NO3/c1-7(6(10)11)3-2-4(9)5(7)8/h4-5,9H,2-3,8H2,1H3,(H,10,11). The largest absolute Gasteiger partial charge is 0.481 e. The molecule has 1 aliphatic carbocycles. The fourth-order valence-corrected chi connectivity index (χ4v) is 1.47. The Morgan fingerprint density at radius 2 is 2.27 bits per heavy atom. The van der Waals surface area contributed by atoms with E-state index in [9.17, 15) is 9.90 Å². The maximum Gasteiger partial charge on any atom is 0.311 e. The first kappa shape index (κ1) is 8.49. The minimum atomic E-state index is -0.931. The quantitative estimate of drug-likeness (QED) is 0.484. The Labute approximate surface area is 65.0 Å². The van der Waals surface area contributed by atoms with Crippen molar-refractivity contribution in [2.45, 2.75) is 31.9 Å². The molecule has 3 unspecified atom stereocenters. The zero-order chi connectivity index (χ0) is 8.65. The molecular weight excluding hydrogens is 146 g/mol. The molecule has 4 nitrogen and oxygen atoms in total. The third-order valence-corrected chi connectivity index (χ3v) is 2.60. The van der Waals surface area contributed by atoms with Gasteiger partial charge in [-0.3, -0.25) is 4.79 Å². The predicted octanol–water partition coefficient (Wildman–Crippen LogP) is -0.441. The molecule has 11 heavy (non-hydrogen) atoms. The Kier molecular flexibility index (Phi) is 1.90. The van der Waals surface area contributed by atoms with Gasteiger partial charge in [-0.15, -0.1) is 0 Å². The summed E-state index contributed by atoms with van der Waals surface area (Å²) >= 11 is 0. The van der Waals surface area contributed by atoms with Crippen LogP contribution in [0.5, 0.6) is 0 Å². The summed E-state index contributed by atoms with van der Waals surface area (Å²) in [5, 5.41) is 18.0. The number of hydrogen-bond donors (Lipinski definition) is 3. The first-order valence-electron chi connectivity index (χ1n) is 3.65. The molecule has 1 fully saturated rings. The SMILES string of the molecule is CC1(C(=O)O)CCC(O)C1N. The number of hydrogen-bond acceptors (Lipinski definition) is 3. The number of carboxylic acid groups (broad SMARTS) is 1. The van der Waals surface area contributed by atoms with Crippen molar-refractivity contribution in [1.82, 2.24) is 0 Å². The summed E-state index contributed by atoms with van der Waals surface area (Å²) in [6.45, 7) is 1.58. The summed E-state index contributed by atoms with van der Waals surface area (Å²) in [7, 11) is 0. The predicted molar refractivity (Wildman–Crippen MR) is 39.0 cm³/mol. The molecule has 0 aromatic carbocycles. The van der Waals surface area contributed by atoms with E-state index in [1.54, 1.807) is 6.92 Å². The number of aliphatic hydroxyl groups excluding tert-OH is 1. The van der Waals surface area contributed by atoms with Crippen LogP contribution in [-0.2, 0) is 4.79 Å². The van der Waals surface area contributed by atoms with E-state index in [2.05, 4.69) is 0 Å². The number of carboxylic acids is 1. The van der Waals surface area contributed by atoms with E-state index in [4.69, 9.17) is 10.8 Å². The molecule has 1 saturated carbocycles. The summed E-state index contributed by atoms with van der Waals surface area (Å²) < 4.78 is 0. The number of aliphatic hydroxyl groups is 1. The van der Waals surface area contributed by atoms with E-state index in [1.165, 1.54) is 0 Å². The van der Waals surface area contributed by atoms with E-state index in [1.807, 2.05) is 0 Å². The maximum absolute atomic E-state index is 10.7. The number of rotatable bonds is 1. The molecule has 0 spiro atoms. The van der Waals surface area contributed by atoms with Crippen LogP contribution in [0.4, 0.5) is 0 Å². The van der Waals surface area contributed by atoms with Crippen LogP contribution in [0, 0.1) is 5.41 Å². The van der Waals surface area contributed by atoms with Gasteiger partial charge in [-0.25, -0.2) is 0 Å². The lowest BCUT2D eigenvalue weighted by atomic mass is 9.85. The van der Waals surface area contributed by atoms with Crippen molar-refractivity contribution in [3.8, 4) is 0 Å². The third-order valence-electron chi connectivity index (χ3n) is 2.60. The smallest absolute Gasteiger partial charge is 0.311 e. The molecule has 0 heterocycles. The lowest BCUT2D eigenvalue weighted by Crippen LogP contribution is -2.46. The molecule has 64 valence electrons. The normalized spacial score (nSPS) is 44.3. The van der Waals surface area contributed by atoms with Gasteiger partial charge in [0.2, 0.25) is 0 Å². The zero-order valence-electron chi connectivity index (χ0n) is 6.45. The van der Waals surface area contributed by atoms with Crippen LogP contribution in [0.15, 0.2) is 0 Å². The number of carbonyl (C=O) groups is 1. The van der Waals surface area contributed by atoms with Crippen molar-refractivity contribution in [2.75, 3.05) is 0 Å². The molecule has 0 amide bonds. The molecule has 1 aliphatic rings. The summed E-state index contributed by atoms with van der Waals surface area (Å²) in [5.41, 5.74) is 4.60. The average Bonchev–Trinajstić information content (AvgIpc) is 2.18. The molecule has 4 heteroatoms. The van der Waals surface area contributed by atoms with Crippen LogP contribution >= 0.6 is 0 Å². The van der Waals surface area contributed by atoms with Gasteiger partial charge in [0.15, 0.2) is 0 Å². The van der Waals surface area contributed by atoms with Gasteiger partial charge in [0.25, 0.3) is 0 Å². The van der Waals surface area contributed by atoms with E-state index in [-0.39, 0.29) is 0 Å². The van der Waals surface area contributed by atoms with Crippen LogP contribution < -0.4 is 5.73 Å². The van der Waals surface area contributed by atoms with Gasteiger partial charge in [0, 0.05) is 6.04 Å². The highest BCUT2D eigenvalue weighted by Crippen LogP contribution is 2.36. The third kappa shape index (κ3) is 1.12. The Balaban J connectivity index is 2.81. The molecule has 0 aromatic rings. The first-order valence-corrected chi connectivity index (χ1v) is 3.65. The monoisotopic (exact) mass is 159 g/mol. The van der Waals surface area contributed by atoms with Crippen molar-refractivity contribution >= 4 is 5.97 Å². The minimum absolute atomic E-state index is 0.463. The van der Waals surface area contributed by atoms with Crippen molar-refractivity contribution in [3.05, 3.63) is 0 Å². The van der Waals surface area contributed by atoms with Crippen LogP contribution in [0.3, 0.4) is 0 Å². The Bertz CT molecular complexity index is 183. The Morgan fingerprint density at radius 1 is 1.73 bits per heavy atom. The molecule has 0 saturated heterocycles. The molecule has 0 aliphatic heterocycles. The second-order valence-electron chi connectivity index (χ2n) is 3.35. The van der Waals surface area contributed by atoms with Crippen molar-refractivity contribution < 1.29 is 15.0 Å². The topological polar surface area (TPSA) is 83.5 Å². The van der Waals surface area contributed by atoms with Gasteiger partial charge in [-0.05, 0) is 19.8 Å². The zero-order valence-corrected chi connectivity index (χ0v) is 6.45. The highest BCUT2D eigenvalue weighted by atomic mass is 16.4. The second-order valence-corrected chi connectivity index (χ2v) is 3.35. The molecule has 0 radical (unpaired) electrons. The van der Waals surface area contributed by atoms with Gasteiger partial charge in [0.05, 0.1) is 11.5 Å². The average molecular weight is 159 g/mol. The summed E-state index contributed by atoms with van der Waals surface area (Å²) in [5.74, 6) is -0.915. The van der Waals surface area contributed by atoms with Gasteiger partial charge >= 0.3 is 5.97 Å². The van der Waals surface area contributed by atoms with E-state index in [0.29, 0.717) is 12.8 Å². The summed E-state index contributed by atoms with van der Waals surface area (Å²) in [4.78, 5) is 10.7. The molecule has 0 bridgehead atoms. The van der Waals surface area contributed by atoms with Gasteiger partial charge < -0.3 is 15.9 Å². The van der Waals surface area contributed by atoms with E-state index in [0.717, 1.165) is 0 Å². The van der Waals surface area contributed by atoms with Crippen molar-refractivity contribution in [3.63, 3.8) is 0 Å². The minimum Gasteiger partial charge on any atom is -0.481 e. The molecule has 0 aromatic heterocycles. The fraction of sp³-hybridized carbons (Fsp3) is 0.857. The van der Waals surface area contributed by atoms with E-state index >= 15 is 0 Å². The summed E-state index contributed by atoms with van der Waals surface area (Å²) in [6, 6.07) is -0.625. The van der Waals surface area contributed by atoms with Gasteiger partial charge in [0.1, 0.15) is 0 Å². The van der Waals surface area contributed by atoms with Crippen LogP contribution in [0.25, 0.3) is 0 Å². The van der Waals surface area contributed by atoms with E-state index < -0.39 is 23.5 Å². The Morgan fingerprint density at radius 3 is 2.45 bits per heavy atom. The van der Waals surface area contributed by atoms with Crippen molar-refractivity contribution in [2.24, 2.45) is 11.1 Å². The van der Waals surface area contributed by atoms with Crippen LogP contribution in [-0.4, -0.2) is 28.3 Å². The fourth-order valence-electron chi connectivity index (χ4n) is 1.47. The lowest BCUT2D eigenvalue weighted by molar-refractivity contribution is -0.148. The molecule has 4 N–H and O–H groups in total. The summed E-state index contributed by atoms with van der Waals surface area (Å²) in [6.07, 6.45) is 0.297. The number of aliphatic carboxylic acids is 1. The highest BCUT2D eigenvalue weighted by molar-refractivity contribution is 5.75. The van der Waals surface area contributed by atoms with Crippen LogP contribution in [0.2, 0.25) is 0 Å². The molecular formula is C7H13NO3. The van der Waals surface area contributed by atoms with Gasteiger partial charge in [-0.2, -0.15) is 0 Å². The van der Waals surface area contributed by atoms with Crippen molar-refractivity contribution in [1.29, 1.82) is 0 Å². The first-order chi connectivity index (χ1) is 4.98. The highest BCUT2D eigenvalue weighted by Gasteiger charge is 2.47. The molecule has 1 rings (SSSR count). The second kappa shape index (κ2) is 2.46. The van der Waals surface area contributed by atoms with Gasteiger partial charge in [-0.1, -0.05) is 0 Å². The van der Waals surface area contributed by atoms with Crippen LogP contribution in [0.1, 0.15) is 19.8 Å². The lowest BCUT2D eigenvalue weighted by Gasteiger charge is -2.24. The maximum atomic E-state index is 10.7. The molecule has 3 atom stereocenters.